The topological polar surface area (TPSA) is 55.5 Å². The molecule has 8 heteroatoms. The third kappa shape index (κ3) is 4.03. The molecule has 0 spiro atoms. The number of likely N-dealkylation sites (N-methyl/N-ethyl adjacent to an activating group) is 1. The zero-order valence-corrected chi connectivity index (χ0v) is 17.4. The molecule has 0 amide bonds. The lowest BCUT2D eigenvalue weighted by Gasteiger charge is -2.32. The number of H-pyrrole nitrogens is 1. The van der Waals surface area contributed by atoms with E-state index in [0.29, 0.717) is 0 Å². The molecule has 26 heavy (non-hydrogen) atoms. The predicted molar refractivity (Wildman–Crippen MR) is 109 cm³/mol. The van der Waals surface area contributed by atoms with Gasteiger partial charge in [0.25, 0.3) is 5.56 Å². The summed E-state index contributed by atoms with van der Waals surface area (Å²) in [5.74, 6) is 0.748. The van der Waals surface area contributed by atoms with Gasteiger partial charge in [-0.3, -0.25) is 14.7 Å². The second-order valence-electron chi connectivity index (χ2n) is 7.09. The molecule has 4 heterocycles. The van der Waals surface area contributed by atoms with Crippen molar-refractivity contribution in [2.45, 2.75) is 19.4 Å². The molecule has 2 aromatic rings. The summed E-state index contributed by atoms with van der Waals surface area (Å²) in [6, 6.07) is 4.27. The number of hydrogen-bond donors (Lipinski definition) is 1. The molecule has 6 nitrogen and oxygen atoms in total. The largest absolute Gasteiger partial charge is 0.340 e. The molecule has 0 unspecified atom stereocenters. The lowest BCUT2D eigenvalue weighted by atomic mass is 10.1. The SMILES string of the molecule is CN1CCN(c2nc3c(c(=O)[nH]2)CCN(Cc2ccc(Br)s2)CC3)CC1. The number of hydrogen-bond acceptors (Lipinski definition) is 6. The minimum atomic E-state index is 0.0460. The Labute approximate surface area is 166 Å². The van der Waals surface area contributed by atoms with Gasteiger partial charge in [0.15, 0.2) is 0 Å². The van der Waals surface area contributed by atoms with E-state index in [1.807, 2.05) is 0 Å². The predicted octanol–water partition coefficient (Wildman–Crippen LogP) is 1.95. The standard InChI is InChI=1S/C18H24BrN5OS/c1-22-8-10-24(11-9-22)18-20-15-5-7-23(6-4-14(15)17(25)21-18)12-13-2-3-16(19)26-13/h2-3H,4-12H2,1H3,(H,20,21,25). The Bertz CT molecular complexity index is 827. The lowest BCUT2D eigenvalue weighted by molar-refractivity contribution is 0.281. The quantitative estimate of drug-likeness (QED) is 0.794. The van der Waals surface area contributed by atoms with Crippen molar-refractivity contribution in [2.24, 2.45) is 0 Å². The van der Waals surface area contributed by atoms with Gasteiger partial charge in [0.2, 0.25) is 5.95 Å². The molecule has 1 N–H and O–H groups in total. The fourth-order valence-electron chi connectivity index (χ4n) is 3.62. The molecule has 0 aliphatic carbocycles. The number of halogens is 1. The smallest absolute Gasteiger partial charge is 0.255 e. The third-order valence-electron chi connectivity index (χ3n) is 5.24. The van der Waals surface area contributed by atoms with Gasteiger partial charge in [0, 0.05) is 62.7 Å². The zero-order chi connectivity index (χ0) is 18.1. The summed E-state index contributed by atoms with van der Waals surface area (Å²) in [6.07, 6.45) is 1.61. The first-order valence-corrected chi connectivity index (χ1v) is 10.7. The van der Waals surface area contributed by atoms with Gasteiger partial charge in [-0.1, -0.05) is 0 Å². The van der Waals surface area contributed by atoms with Crippen LogP contribution in [-0.2, 0) is 19.4 Å². The molecule has 0 atom stereocenters. The highest BCUT2D eigenvalue weighted by Gasteiger charge is 2.22. The van der Waals surface area contributed by atoms with Crippen LogP contribution < -0.4 is 10.5 Å². The van der Waals surface area contributed by atoms with Crippen LogP contribution in [0.5, 0.6) is 0 Å². The van der Waals surface area contributed by atoms with Crippen molar-refractivity contribution >= 4 is 33.2 Å². The number of thiophene rings is 1. The molecule has 1 fully saturated rings. The van der Waals surface area contributed by atoms with E-state index in [0.717, 1.165) is 75.9 Å². The van der Waals surface area contributed by atoms with Crippen LogP contribution in [0.3, 0.4) is 0 Å². The maximum absolute atomic E-state index is 12.7. The number of fused-ring (bicyclic) bond motifs is 1. The maximum atomic E-state index is 12.7. The van der Waals surface area contributed by atoms with Crippen molar-refractivity contribution < 1.29 is 0 Å². The Morgan fingerprint density at radius 2 is 1.92 bits per heavy atom. The molecule has 140 valence electrons. The zero-order valence-electron chi connectivity index (χ0n) is 15.0. The fraction of sp³-hybridized carbons (Fsp3) is 0.556. The van der Waals surface area contributed by atoms with Crippen LogP contribution in [0.2, 0.25) is 0 Å². The molecular formula is C18H24BrN5OS. The fourth-order valence-corrected chi connectivity index (χ4v) is 5.15. The Balaban J connectivity index is 1.49. The molecule has 0 saturated carbocycles. The molecule has 0 aromatic carbocycles. The average molecular weight is 438 g/mol. The van der Waals surface area contributed by atoms with E-state index in [1.54, 1.807) is 11.3 Å². The summed E-state index contributed by atoms with van der Waals surface area (Å²) in [5.41, 5.74) is 1.90. The first-order valence-electron chi connectivity index (χ1n) is 9.10. The Hall–Kier alpha value is -1.22. The normalized spacial score (nSPS) is 19.4. The van der Waals surface area contributed by atoms with Crippen LogP contribution in [0, 0.1) is 0 Å². The summed E-state index contributed by atoms with van der Waals surface area (Å²) >= 11 is 5.31. The average Bonchev–Trinajstić information content (AvgIpc) is 2.91. The summed E-state index contributed by atoms with van der Waals surface area (Å²) < 4.78 is 1.17. The second-order valence-corrected chi connectivity index (χ2v) is 9.63. The first kappa shape index (κ1) is 18.2. The number of nitrogens with zero attached hydrogens (tertiary/aromatic N) is 4. The summed E-state index contributed by atoms with van der Waals surface area (Å²) in [5, 5.41) is 0. The van der Waals surface area contributed by atoms with E-state index >= 15 is 0 Å². The Morgan fingerprint density at radius 1 is 1.15 bits per heavy atom. The van der Waals surface area contributed by atoms with Crippen molar-refractivity contribution in [1.29, 1.82) is 0 Å². The van der Waals surface area contributed by atoms with Gasteiger partial charge in [0.05, 0.1) is 9.48 Å². The Kier molecular flexibility index (Phi) is 5.45. The van der Waals surface area contributed by atoms with Gasteiger partial charge in [-0.25, -0.2) is 4.98 Å². The van der Waals surface area contributed by atoms with Crippen molar-refractivity contribution in [2.75, 3.05) is 51.2 Å². The number of piperazine rings is 1. The summed E-state index contributed by atoms with van der Waals surface area (Å²) in [7, 11) is 2.13. The van der Waals surface area contributed by atoms with E-state index < -0.39 is 0 Å². The van der Waals surface area contributed by atoms with Gasteiger partial charge in [-0.05, 0) is 41.5 Å². The first-order chi connectivity index (χ1) is 12.6. The number of anilines is 1. The number of nitrogens with one attached hydrogen (secondary N) is 1. The minimum absolute atomic E-state index is 0.0460. The van der Waals surface area contributed by atoms with Crippen molar-refractivity contribution in [3.05, 3.63) is 42.4 Å². The maximum Gasteiger partial charge on any atom is 0.255 e. The number of aromatic amines is 1. The second kappa shape index (κ2) is 7.80. The minimum Gasteiger partial charge on any atom is -0.340 e. The summed E-state index contributed by atoms with van der Waals surface area (Å²) in [6.45, 7) is 6.63. The van der Waals surface area contributed by atoms with E-state index in [-0.39, 0.29) is 5.56 Å². The van der Waals surface area contributed by atoms with E-state index in [4.69, 9.17) is 4.98 Å². The molecular weight excluding hydrogens is 414 g/mol. The van der Waals surface area contributed by atoms with Crippen molar-refractivity contribution in [3.63, 3.8) is 0 Å². The van der Waals surface area contributed by atoms with Gasteiger partial charge in [-0.15, -0.1) is 11.3 Å². The van der Waals surface area contributed by atoms with E-state index in [1.165, 1.54) is 8.66 Å². The highest BCUT2D eigenvalue weighted by atomic mass is 79.9. The van der Waals surface area contributed by atoms with Crippen molar-refractivity contribution in [1.82, 2.24) is 19.8 Å². The van der Waals surface area contributed by atoms with Gasteiger partial charge >= 0.3 is 0 Å². The van der Waals surface area contributed by atoms with Gasteiger partial charge < -0.3 is 9.80 Å². The van der Waals surface area contributed by atoms with Crippen LogP contribution in [0.4, 0.5) is 5.95 Å². The van der Waals surface area contributed by atoms with Gasteiger partial charge in [0.1, 0.15) is 0 Å². The Morgan fingerprint density at radius 3 is 2.65 bits per heavy atom. The highest BCUT2D eigenvalue weighted by Crippen LogP contribution is 2.24. The molecule has 4 rings (SSSR count). The van der Waals surface area contributed by atoms with Crippen molar-refractivity contribution in [3.8, 4) is 0 Å². The third-order valence-corrected chi connectivity index (χ3v) is 6.85. The molecule has 0 bridgehead atoms. The summed E-state index contributed by atoms with van der Waals surface area (Å²) in [4.78, 5) is 28.8. The molecule has 2 aliphatic rings. The van der Waals surface area contributed by atoms with Gasteiger partial charge in [-0.2, -0.15) is 0 Å². The van der Waals surface area contributed by atoms with Crippen LogP contribution >= 0.6 is 27.3 Å². The molecule has 0 radical (unpaired) electrons. The van der Waals surface area contributed by atoms with Crippen LogP contribution in [-0.4, -0.2) is 66.1 Å². The number of rotatable bonds is 3. The monoisotopic (exact) mass is 437 g/mol. The van der Waals surface area contributed by atoms with Crippen LogP contribution in [0.25, 0.3) is 0 Å². The van der Waals surface area contributed by atoms with E-state index in [9.17, 15) is 4.79 Å². The molecule has 2 aliphatic heterocycles. The molecule has 2 aromatic heterocycles. The van der Waals surface area contributed by atoms with E-state index in [2.05, 4.69) is 54.8 Å². The van der Waals surface area contributed by atoms with Crippen LogP contribution in [0.1, 0.15) is 16.1 Å². The van der Waals surface area contributed by atoms with Crippen LogP contribution in [0.15, 0.2) is 20.7 Å². The number of aromatic nitrogens is 2. The molecule has 1 saturated heterocycles. The lowest BCUT2D eigenvalue weighted by Crippen LogP contribution is -2.45. The highest BCUT2D eigenvalue weighted by molar-refractivity contribution is 9.11.